The minimum absolute atomic E-state index is 0.160. The van der Waals surface area contributed by atoms with Gasteiger partial charge in [-0.05, 0) is 6.07 Å². The van der Waals surface area contributed by atoms with Crippen molar-refractivity contribution in [2.75, 3.05) is 0 Å². The normalized spacial score (nSPS) is 9.44. The van der Waals surface area contributed by atoms with E-state index in [2.05, 4.69) is 5.88 Å². The summed E-state index contributed by atoms with van der Waals surface area (Å²) in [5.74, 6) is 2.48. The molecule has 0 bridgehead atoms. The van der Waals surface area contributed by atoms with Gasteiger partial charge in [-0.25, -0.2) is 0 Å². The third kappa shape index (κ3) is 1.36. The van der Waals surface area contributed by atoms with Gasteiger partial charge in [0.2, 0.25) is 0 Å². The zero-order chi connectivity index (χ0) is 6.69. The van der Waals surface area contributed by atoms with E-state index in [9.17, 15) is 0 Å². The van der Waals surface area contributed by atoms with Crippen LogP contribution >= 0.6 is 11.6 Å². The van der Waals surface area contributed by atoms with Crippen molar-refractivity contribution in [3.63, 3.8) is 0 Å². The molecule has 0 aromatic heterocycles. The van der Waals surface area contributed by atoms with Crippen LogP contribution in [0.15, 0.2) is 24.3 Å². The molecule has 1 nitrogen and oxygen atoms in total. The summed E-state index contributed by atoms with van der Waals surface area (Å²) >= 11 is 5.22. The largest absolute Gasteiger partial charge is 0.508 e. The van der Waals surface area contributed by atoms with Crippen LogP contribution in [-0.4, -0.2) is 5.11 Å². The summed E-state index contributed by atoms with van der Waals surface area (Å²) in [4.78, 5) is 0. The summed E-state index contributed by atoms with van der Waals surface area (Å²) < 4.78 is 0. The summed E-state index contributed by atoms with van der Waals surface area (Å²) in [6.07, 6.45) is 0. The maximum absolute atomic E-state index is 8.96. The number of aromatic hydroxyl groups is 1. The van der Waals surface area contributed by atoms with Crippen molar-refractivity contribution in [1.82, 2.24) is 0 Å². The maximum Gasteiger partial charge on any atom is 0.124 e. The van der Waals surface area contributed by atoms with Crippen molar-refractivity contribution in [2.45, 2.75) is 0 Å². The van der Waals surface area contributed by atoms with Gasteiger partial charge in [0, 0.05) is 5.56 Å². The van der Waals surface area contributed by atoms with Crippen LogP contribution in [0, 0.1) is 5.88 Å². The molecule has 0 spiro atoms. The number of para-hydroxylation sites is 1. The van der Waals surface area contributed by atoms with Crippen LogP contribution in [-0.2, 0) is 0 Å². The molecule has 1 rings (SSSR count). The Bertz CT molecular complexity index is 198. The third-order valence-corrected chi connectivity index (χ3v) is 1.21. The lowest BCUT2D eigenvalue weighted by Crippen LogP contribution is -1.73. The number of rotatable bonds is 1. The molecule has 2 radical (unpaired) electrons. The fourth-order valence-corrected chi connectivity index (χ4v) is 0.713. The van der Waals surface area contributed by atoms with E-state index in [4.69, 9.17) is 16.7 Å². The van der Waals surface area contributed by atoms with Crippen LogP contribution < -0.4 is 0 Å². The van der Waals surface area contributed by atoms with Gasteiger partial charge in [0.15, 0.2) is 0 Å². The van der Waals surface area contributed by atoms with Crippen LogP contribution in [0.2, 0.25) is 0 Å². The second-order valence-electron chi connectivity index (χ2n) is 1.61. The lowest BCUT2D eigenvalue weighted by Gasteiger charge is -1.94. The number of hydrogen-bond acceptors (Lipinski definition) is 1. The Morgan fingerprint density at radius 1 is 1.33 bits per heavy atom. The maximum atomic E-state index is 8.96. The van der Waals surface area contributed by atoms with Crippen molar-refractivity contribution in [3.05, 3.63) is 35.7 Å². The molecule has 0 amide bonds. The number of halogens is 1. The molecule has 46 valence electrons. The monoisotopic (exact) mass is 140 g/mol. The van der Waals surface area contributed by atoms with Crippen LogP contribution in [0.5, 0.6) is 5.75 Å². The average molecular weight is 141 g/mol. The molecule has 0 unspecified atom stereocenters. The van der Waals surface area contributed by atoms with Crippen molar-refractivity contribution < 1.29 is 5.11 Å². The standard InChI is InChI=1S/C7H5ClO/c8-5-6-3-1-2-4-7(6)9/h1-4,9H. The first-order chi connectivity index (χ1) is 4.34. The molecular weight excluding hydrogens is 136 g/mol. The van der Waals surface area contributed by atoms with E-state index in [1.54, 1.807) is 24.3 Å². The van der Waals surface area contributed by atoms with E-state index in [0.29, 0.717) is 5.56 Å². The first-order valence-electron chi connectivity index (χ1n) is 2.49. The smallest absolute Gasteiger partial charge is 0.124 e. The Kier molecular flexibility index (Phi) is 1.96. The Morgan fingerprint density at radius 2 is 2.00 bits per heavy atom. The predicted molar refractivity (Wildman–Crippen MR) is 36.3 cm³/mol. The summed E-state index contributed by atoms with van der Waals surface area (Å²) in [7, 11) is 0. The van der Waals surface area contributed by atoms with Gasteiger partial charge >= 0.3 is 0 Å². The van der Waals surface area contributed by atoms with Crippen LogP contribution in [0.3, 0.4) is 0 Å². The highest BCUT2D eigenvalue weighted by Gasteiger charge is 1.95. The van der Waals surface area contributed by atoms with Crippen molar-refractivity contribution in [2.24, 2.45) is 0 Å². The Hall–Kier alpha value is -0.690. The van der Waals surface area contributed by atoms with Gasteiger partial charge in [-0.1, -0.05) is 18.2 Å². The predicted octanol–water partition coefficient (Wildman–Crippen LogP) is 2.02. The second-order valence-corrected chi connectivity index (χ2v) is 1.80. The summed E-state index contributed by atoms with van der Waals surface area (Å²) in [6, 6.07) is 6.75. The molecule has 1 N–H and O–H groups in total. The average Bonchev–Trinajstić information content (AvgIpc) is 1.89. The molecule has 2 heteroatoms. The van der Waals surface area contributed by atoms with E-state index < -0.39 is 0 Å². The summed E-state index contributed by atoms with van der Waals surface area (Å²) in [5, 5.41) is 8.96. The van der Waals surface area contributed by atoms with E-state index in [-0.39, 0.29) is 5.75 Å². The fraction of sp³-hybridized carbons (Fsp3) is 0. The second kappa shape index (κ2) is 2.74. The van der Waals surface area contributed by atoms with Crippen LogP contribution in [0.25, 0.3) is 0 Å². The highest BCUT2D eigenvalue weighted by molar-refractivity contribution is 6.25. The summed E-state index contributed by atoms with van der Waals surface area (Å²) in [5.41, 5.74) is 0.527. The fourth-order valence-electron chi connectivity index (χ4n) is 0.554. The lowest BCUT2D eigenvalue weighted by atomic mass is 10.2. The summed E-state index contributed by atoms with van der Waals surface area (Å²) in [6.45, 7) is 0. The Labute approximate surface area is 58.9 Å². The molecule has 0 atom stereocenters. The SMILES string of the molecule is Oc1ccccc1[C]Cl. The molecule has 9 heavy (non-hydrogen) atoms. The van der Waals surface area contributed by atoms with Gasteiger partial charge in [-0.3, -0.25) is 0 Å². The van der Waals surface area contributed by atoms with E-state index >= 15 is 0 Å². The molecule has 0 heterocycles. The van der Waals surface area contributed by atoms with Crippen LogP contribution in [0.4, 0.5) is 0 Å². The molecule has 0 fully saturated rings. The highest BCUT2D eigenvalue weighted by Crippen LogP contribution is 2.18. The van der Waals surface area contributed by atoms with E-state index in [1.807, 2.05) is 0 Å². The van der Waals surface area contributed by atoms with Crippen molar-refractivity contribution in [3.8, 4) is 5.75 Å². The first kappa shape index (κ1) is 6.43. The van der Waals surface area contributed by atoms with Gasteiger partial charge < -0.3 is 5.11 Å². The number of benzene rings is 1. The van der Waals surface area contributed by atoms with Gasteiger partial charge in [0.1, 0.15) is 11.6 Å². The number of hydrogen-bond donors (Lipinski definition) is 1. The molecule has 1 aromatic rings. The number of phenols is 1. The van der Waals surface area contributed by atoms with E-state index in [1.165, 1.54) is 0 Å². The van der Waals surface area contributed by atoms with E-state index in [0.717, 1.165) is 0 Å². The molecule has 1 aromatic carbocycles. The quantitative estimate of drug-likeness (QED) is 0.633. The third-order valence-electron chi connectivity index (χ3n) is 1.01. The van der Waals surface area contributed by atoms with Gasteiger partial charge in [-0.2, -0.15) is 0 Å². The highest BCUT2D eigenvalue weighted by atomic mass is 35.5. The molecule has 0 saturated carbocycles. The molecule has 0 aliphatic rings. The molecule has 0 saturated heterocycles. The zero-order valence-corrected chi connectivity index (χ0v) is 5.39. The lowest BCUT2D eigenvalue weighted by molar-refractivity contribution is 0.472. The van der Waals surface area contributed by atoms with Gasteiger partial charge in [-0.15, -0.1) is 11.6 Å². The minimum Gasteiger partial charge on any atom is -0.508 e. The zero-order valence-electron chi connectivity index (χ0n) is 4.63. The van der Waals surface area contributed by atoms with Crippen molar-refractivity contribution >= 4 is 11.6 Å². The minimum atomic E-state index is 0.160. The topological polar surface area (TPSA) is 20.2 Å². The van der Waals surface area contributed by atoms with Gasteiger partial charge in [0.05, 0.1) is 0 Å². The molecular formula is C7H5ClO. The Balaban J connectivity index is 3.01. The van der Waals surface area contributed by atoms with Crippen LogP contribution in [0.1, 0.15) is 5.56 Å². The molecule has 0 aliphatic carbocycles. The van der Waals surface area contributed by atoms with Crippen molar-refractivity contribution in [1.29, 1.82) is 0 Å². The molecule has 0 aliphatic heterocycles. The number of phenolic OH excluding ortho intramolecular Hbond substituents is 1. The Morgan fingerprint density at radius 3 is 2.44 bits per heavy atom. The first-order valence-corrected chi connectivity index (χ1v) is 2.87. The van der Waals surface area contributed by atoms with Gasteiger partial charge in [0.25, 0.3) is 0 Å².